The molecule has 2 atom stereocenters. The predicted octanol–water partition coefficient (Wildman–Crippen LogP) is 2.82. The van der Waals surface area contributed by atoms with Crippen LogP contribution in [0.2, 0.25) is 5.02 Å². The van der Waals surface area contributed by atoms with Gasteiger partial charge in [0.1, 0.15) is 5.69 Å². The van der Waals surface area contributed by atoms with Gasteiger partial charge in [0.2, 0.25) is 0 Å². The first-order chi connectivity index (χ1) is 8.56. The number of benzene rings is 1. The fourth-order valence-electron chi connectivity index (χ4n) is 2.30. The van der Waals surface area contributed by atoms with Crippen LogP contribution in [0.3, 0.4) is 0 Å². The number of rotatable bonds is 4. The number of nitrogens with one attached hydrogen (secondary N) is 1. The van der Waals surface area contributed by atoms with Gasteiger partial charge in [0, 0.05) is 17.6 Å². The molecule has 1 fully saturated rings. The first kappa shape index (κ1) is 13.1. The Morgan fingerprint density at radius 2 is 2.28 bits per heavy atom. The Labute approximate surface area is 110 Å². The Morgan fingerprint density at radius 3 is 2.89 bits per heavy atom. The van der Waals surface area contributed by atoms with Crippen molar-refractivity contribution in [3.63, 3.8) is 0 Å². The maximum Gasteiger partial charge on any atom is 0.292 e. The molecule has 0 aliphatic heterocycles. The van der Waals surface area contributed by atoms with Gasteiger partial charge >= 0.3 is 0 Å². The van der Waals surface area contributed by atoms with E-state index >= 15 is 0 Å². The summed E-state index contributed by atoms with van der Waals surface area (Å²) >= 11 is 5.84. The van der Waals surface area contributed by atoms with Crippen molar-refractivity contribution < 1.29 is 10.0 Å². The molecule has 0 radical (unpaired) electrons. The van der Waals surface area contributed by atoms with E-state index in [1.807, 2.05) is 0 Å². The highest BCUT2D eigenvalue weighted by molar-refractivity contribution is 6.31. The van der Waals surface area contributed by atoms with E-state index in [0.29, 0.717) is 23.2 Å². The molecule has 5 nitrogen and oxygen atoms in total. The Balaban J connectivity index is 2.04. The van der Waals surface area contributed by atoms with Crippen LogP contribution < -0.4 is 5.32 Å². The summed E-state index contributed by atoms with van der Waals surface area (Å²) in [6, 6.07) is 4.46. The summed E-state index contributed by atoms with van der Waals surface area (Å²) in [4.78, 5) is 10.4. The van der Waals surface area contributed by atoms with E-state index in [-0.39, 0.29) is 11.8 Å². The van der Waals surface area contributed by atoms with E-state index in [1.165, 1.54) is 12.1 Å². The average Bonchev–Trinajstić information content (AvgIpc) is 2.72. The Bertz CT molecular complexity index is 453. The van der Waals surface area contributed by atoms with Crippen molar-refractivity contribution in [2.75, 3.05) is 11.9 Å². The number of aliphatic hydroxyl groups excluding tert-OH is 1. The molecule has 0 amide bonds. The minimum absolute atomic E-state index is 0.0259. The monoisotopic (exact) mass is 270 g/mol. The molecule has 1 aromatic rings. The van der Waals surface area contributed by atoms with Crippen molar-refractivity contribution in [3.05, 3.63) is 33.3 Å². The largest absolute Gasteiger partial charge is 0.393 e. The lowest BCUT2D eigenvalue weighted by atomic mass is 10.1. The van der Waals surface area contributed by atoms with Crippen LogP contribution in [0.4, 0.5) is 11.4 Å². The summed E-state index contributed by atoms with van der Waals surface area (Å²) in [6.45, 7) is 0.623. The molecule has 1 aromatic carbocycles. The Morgan fingerprint density at radius 1 is 1.50 bits per heavy atom. The second-order valence-corrected chi connectivity index (χ2v) is 5.07. The summed E-state index contributed by atoms with van der Waals surface area (Å²) in [5.41, 5.74) is 0.465. The van der Waals surface area contributed by atoms with Crippen molar-refractivity contribution in [2.45, 2.75) is 25.4 Å². The van der Waals surface area contributed by atoms with Gasteiger partial charge in [-0.2, -0.15) is 0 Å². The molecule has 2 rings (SSSR count). The van der Waals surface area contributed by atoms with Crippen LogP contribution in [0, 0.1) is 16.0 Å². The summed E-state index contributed by atoms with van der Waals surface area (Å²) < 4.78 is 0. The lowest BCUT2D eigenvalue weighted by Gasteiger charge is -2.12. The first-order valence-corrected chi connectivity index (χ1v) is 6.30. The van der Waals surface area contributed by atoms with Gasteiger partial charge in [0.25, 0.3) is 5.69 Å². The number of nitro benzene ring substituents is 1. The number of hydrogen-bond donors (Lipinski definition) is 2. The van der Waals surface area contributed by atoms with Crippen LogP contribution in [0.25, 0.3) is 0 Å². The molecule has 0 bridgehead atoms. The number of nitro groups is 1. The number of halogens is 1. The van der Waals surface area contributed by atoms with E-state index in [2.05, 4.69) is 5.32 Å². The van der Waals surface area contributed by atoms with E-state index in [4.69, 9.17) is 11.6 Å². The molecule has 18 heavy (non-hydrogen) atoms. The van der Waals surface area contributed by atoms with Gasteiger partial charge in [0.05, 0.1) is 11.0 Å². The zero-order valence-electron chi connectivity index (χ0n) is 9.80. The summed E-state index contributed by atoms with van der Waals surface area (Å²) in [5.74, 6) is 0.360. The minimum Gasteiger partial charge on any atom is -0.393 e. The smallest absolute Gasteiger partial charge is 0.292 e. The standard InChI is InChI=1S/C12H15ClN2O3/c13-9-2-4-12(15(17)18)11(6-9)14-7-8-1-3-10(16)5-8/h2,4,6,8,10,14,16H,1,3,5,7H2. The Kier molecular flexibility index (Phi) is 4.04. The molecule has 1 aliphatic carbocycles. The van der Waals surface area contributed by atoms with Gasteiger partial charge in [-0.3, -0.25) is 10.1 Å². The van der Waals surface area contributed by atoms with Crippen molar-refractivity contribution in [3.8, 4) is 0 Å². The second kappa shape index (κ2) is 5.54. The van der Waals surface area contributed by atoms with Gasteiger partial charge in [-0.25, -0.2) is 0 Å². The van der Waals surface area contributed by atoms with Crippen LogP contribution in [-0.2, 0) is 0 Å². The number of nitrogens with zero attached hydrogens (tertiary/aromatic N) is 1. The minimum atomic E-state index is -0.428. The van der Waals surface area contributed by atoms with Gasteiger partial charge in [-0.1, -0.05) is 11.6 Å². The topological polar surface area (TPSA) is 75.4 Å². The van der Waals surface area contributed by atoms with Crippen molar-refractivity contribution in [1.82, 2.24) is 0 Å². The van der Waals surface area contributed by atoms with Crippen molar-refractivity contribution in [1.29, 1.82) is 0 Å². The lowest BCUT2D eigenvalue weighted by Crippen LogP contribution is -2.13. The SMILES string of the molecule is O=[N+]([O-])c1ccc(Cl)cc1NCC1CCC(O)C1. The van der Waals surface area contributed by atoms with E-state index in [1.54, 1.807) is 6.07 Å². The molecule has 0 aromatic heterocycles. The maximum atomic E-state index is 10.9. The molecule has 1 saturated carbocycles. The zero-order valence-corrected chi connectivity index (χ0v) is 10.6. The summed E-state index contributed by atoms with van der Waals surface area (Å²) in [5, 5.41) is 23.8. The van der Waals surface area contributed by atoms with Crippen LogP contribution in [0.1, 0.15) is 19.3 Å². The van der Waals surface area contributed by atoms with Crippen molar-refractivity contribution in [2.24, 2.45) is 5.92 Å². The average molecular weight is 271 g/mol. The van der Waals surface area contributed by atoms with Crippen LogP contribution in [-0.4, -0.2) is 22.7 Å². The number of anilines is 1. The predicted molar refractivity (Wildman–Crippen MR) is 69.9 cm³/mol. The fourth-order valence-corrected chi connectivity index (χ4v) is 2.47. The molecular formula is C12H15ClN2O3. The highest BCUT2D eigenvalue weighted by atomic mass is 35.5. The normalized spacial score (nSPS) is 23.0. The third-order valence-electron chi connectivity index (χ3n) is 3.25. The molecule has 0 saturated heterocycles. The molecule has 2 N–H and O–H groups in total. The molecule has 0 heterocycles. The molecule has 98 valence electrons. The zero-order chi connectivity index (χ0) is 13.1. The van der Waals surface area contributed by atoms with E-state index in [0.717, 1.165) is 19.3 Å². The number of aliphatic hydroxyl groups is 1. The third-order valence-corrected chi connectivity index (χ3v) is 3.49. The van der Waals surface area contributed by atoms with Crippen LogP contribution in [0.5, 0.6) is 0 Å². The van der Waals surface area contributed by atoms with E-state index < -0.39 is 4.92 Å². The highest BCUT2D eigenvalue weighted by Gasteiger charge is 2.23. The lowest BCUT2D eigenvalue weighted by molar-refractivity contribution is -0.384. The molecular weight excluding hydrogens is 256 g/mol. The number of hydrogen-bond acceptors (Lipinski definition) is 4. The van der Waals surface area contributed by atoms with Crippen LogP contribution in [0.15, 0.2) is 18.2 Å². The molecule has 2 unspecified atom stereocenters. The van der Waals surface area contributed by atoms with Crippen LogP contribution >= 0.6 is 11.6 Å². The highest BCUT2D eigenvalue weighted by Crippen LogP contribution is 2.30. The second-order valence-electron chi connectivity index (χ2n) is 4.63. The van der Waals surface area contributed by atoms with Gasteiger partial charge in [-0.05, 0) is 37.3 Å². The molecule has 1 aliphatic rings. The van der Waals surface area contributed by atoms with Gasteiger partial charge in [-0.15, -0.1) is 0 Å². The van der Waals surface area contributed by atoms with Crippen molar-refractivity contribution >= 4 is 23.0 Å². The fraction of sp³-hybridized carbons (Fsp3) is 0.500. The first-order valence-electron chi connectivity index (χ1n) is 5.92. The van der Waals surface area contributed by atoms with Gasteiger partial charge < -0.3 is 10.4 Å². The quantitative estimate of drug-likeness (QED) is 0.652. The van der Waals surface area contributed by atoms with Gasteiger partial charge in [0.15, 0.2) is 0 Å². The van der Waals surface area contributed by atoms with E-state index in [9.17, 15) is 15.2 Å². The molecule has 6 heteroatoms. The summed E-state index contributed by atoms with van der Waals surface area (Å²) in [7, 11) is 0. The summed E-state index contributed by atoms with van der Waals surface area (Å²) in [6.07, 6.45) is 2.28. The Hall–Kier alpha value is -1.33. The maximum absolute atomic E-state index is 10.9. The molecule has 0 spiro atoms. The third kappa shape index (κ3) is 3.11.